The number of aromatic nitrogens is 4. The summed E-state index contributed by atoms with van der Waals surface area (Å²) in [6.45, 7) is 4.82. The lowest BCUT2D eigenvalue weighted by molar-refractivity contribution is 0.498. The zero-order valence-corrected chi connectivity index (χ0v) is 11.5. The fraction of sp³-hybridized carbons (Fsp3) is 0.267. The van der Waals surface area contributed by atoms with Crippen LogP contribution in [0.4, 0.5) is 0 Å². The van der Waals surface area contributed by atoms with Crippen LogP contribution in [-0.2, 0) is 6.54 Å². The fourth-order valence-electron chi connectivity index (χ4n) is 2.36. The minimum Gasteiger partial charge on any atom is -0.340 e. The van der Waals surface area contributed by atoms with Gasteiger partial charge >= 0.3 is 0 Å². The van der Waals surface area contributed by atoms with Gasteiger partial charge in [0.25, 0.3) is 0 Å². The number of nitriles is 1. The fourth-order valence-corrected chi connectivity index (χ4v) is 2.36. The monoisotopic (exact) mass is 265 g/mol. The van der Waals surface area contributed by atoms with E-state index < -0.39 is 0 Å². The Kier molecular flexibility index (Phi) is 2.99. The molecule has 0 aliphatic carbocycles. The van der Waals surface area contributed by atoms with Gasteiger partial charge in [-0.2, -0.15) is 10.4 Å². The molecule has 0 radical (unpaired) electrons. The van der Waals surface area contributed by atoms with Crippen molar-refractivity contribution in [3.8, 4) is 6.07 Å². The molecule has 5 nitrogen and oxygen atoms in total. The molecule has 0 aliphatic heterocycles. The molecule has 2 heterocycles. The number of nitrogens with zero attached hydrogens (tertiary/aromatic N) is 5. The predicted molar refractivity (Wildman–Crippen MR) is 76.2 cm³/mol. The van der Waals surface area contributed by atoms with Gasteiger partial charge in [0.05, 0.1) is 18.2 Å². The molecule has 1 aromatic carbocycles. The third-order valence-corrected chi connectivity index (χ3v) is 3.35. The van der Waals surface area contributed by atoms with E-state index in [9.17, 15) is 0 Å². The highest BCUT2D eigenvalue weighted by Crippen LogP contribution is 2.19. The summed E-state index contributed by atoms with van der Waals surface area (Å²) in [7, 11) is 0. The summed E-state index contributed by atoms with van der Waals surface area (Å²) in [5, 5.41) is 14.4. The summed E-state index contributed by atoms with van der Waals surface area (Å²) in [4.78, 5) is 4.33. The van der Waals surface area contributed by atoms with Crippen molar-refractivity contribution in [3.63, 3.8) is 0 Å². The second kappa shape index (κ2) is 4.82. The molecule has 0 atom stereocenters. The molecule has 2 aromatic heterocycles. The second-order valence-corrected chi connectivity index (χ2v) is 5.04. The molecule has 0 fully saturated rings. The van der Waals surface area contributed by atoms with Gasteiger partial charge in [0.2, 0.25) is 0 Å². The van der Waals surface area contributed by atoms with Crippen molar-refractivity contribution in [3.05, 3.63) is 48.2 Å². The molecule has 0 aliphatic rings. The van der Waals surface area contributed by atoms with Crippen LogP contribution in [0.5, 0.6) is 0 Å². The standard InChI is InChI=1S/C15H15N5/c1-11(2)20-15(17-10-18-20)9-19-6-5-13-4-3-12(8-16)7-14(13)19/h3-7,10-11H,9H2,1-2H3. The van der Waals surface area contributed by atoms with Gasteiger partial charge in [-0.05, 0) is 37.4 Å². The first-order valence-corrected chi connectivity index (χ1v) is 6.56. The van der Waals surface area contributed by atoms with Crippen LogP contribution in [0.3, 0.4) is 0 Å². The maximum atomic E-state index is 9.01. The minimum absolute atomic E-state index is 0.281. The van der Waals surface area contributed by atoms with Crippen LogP contribution in [-0.4, -0.2) is 19.3 Å². The topological polar surface area (TPSA) is 59.4 Å². The second-order valence-electron chi connectivity index (χ2n) is 5.04. The highest BCUT2D eigenvalue weighted by atomic mass is 15.4. The molecular formula is C15H15N5. The first kappa shape index (κ1) is 12.4. The summed E-state index contributed by atoms with van der Waals surface area (Å²) >= 11 is 0. The highest BCUT2D eigenvalue weighted by molar-refractivity contribution is 5.81. The highest BCUT2D eigenvalue weighted by Gasteiger charge is 2.10. The van der Waals surface area contributed by atoms with Gasteiger partial charge in [-0.3, -0.25) is 0 Å². The molecule has 20 heavy (non-hydrogen) atoms. The first-order chi connectivity index (χ1) is 9.69. The largest absolute Gasteiger partial charge is 0.340 e. The maximum absolute atomic E-state index is 9.01. The molecule has 3 rings (SSSR count). The third-order valence-electron chi connectivity index (χ3n) is 3.35. The summed E-state index contributed by atoms with van der Waals surface area (Å²) in [5.74, 6) is 0.917. The van der Waals surface area contributed by atoms with Crippen molar-refractivity contribution in [1.82, 2.24) is 19.3 Å². The van der Waals surface area contributed by atoms with E-state index in [4.69, 9.17) is 5.26 Å². The first-order valence-electron chi connectivity index (χ1n) is 6.56. The Morgan fingerprint density at radius 1 is 1.30 bits per heavy atom. The van der Waals surface area contributed by atoms with Crippen molar-refractivity contribution in [1.29, 1.82) is 5.26 Å². The van der Waals surface area contributed by atoms with Crippen molar-refractivity contribution in [2.75, 3.05) is 0 Å². The molecular weight excluding hydrogens is 250 g/mol. The van der Waals surface area contributed by atoms with Crippen LogP contribution in [0, 0.1) is 11.3 Å². The van der Waals surface area contributed by atoms with Gasteiger partial charge in [-0.25, -0.2) is 9.67 Å². The zero-order chi connectivity index (χ0) is 14.1. The van der Waals surface area contributed by atoms with E-state index in [1.807, 2.05) is 35.1 Å². The third kappa shape index (κ3) is 2.05. The Morgan fingerprint density at radius 3 is 2.90 bits per heavy atom. The Hall–Kier alpha value is -2.61. The molecule has 0 spiro atoms. The van der Waals surface area contributed by atoms with Gasteiger partial charge in [-0.15, -0.1) is 0 Å². The number of fused-ring (bicyclic) bond motifs is 1. The predicted octanol–water partition coefficient (Wildman–Crippen LogP) is 2.73. The lowest BCUT2D eigenvalue weighted by atomic mass is 10.2. The molecule has 5 heteroatoms. The Balaban J connectivity index is 2.02. The van der Waals surface area contributed by atoms with E-state index in [0.29, 0.717) is 12.1 Å². The van der Waals surface area contributed by atoms with Gasteiger partial charge in [0.1, 0.15) is 12.2 Å². The number of rotatable bonds is 3. The van der Waals surface area contributed by atoms with Crippen LogP contribution in [0.15, 0.2) is 36.8 Å². The summed E-state index contributed by atoms with van der Waals surface area (Å²) < 4.78 is 4.01. The van der Waals surface area contributed by atoms with E-state index >= 15 is 0 Å². The summed E-state index contributed by atoms with van der Waals surface area (Å²) in [5.41, 5.74) is 1.71. The quantitative estimate of drug-likeness (QED) is 0.731. The molecule has 0 unspecified atom stereocenters. The molecule has 0 amide bonds. The minimum atomic E-state index is 0.281. The molecule has 100 valence electrons. The smallest absolute Gasteiger partial charge is 0.147 e. The van der Waals surface area contributed by atoms with Crippen molar-refractivity contribution in [2.24, 2.45) is 0 Å². The lowest BCUT2D eigenvalue weighted by Gasteiger charge is -2.10. The average Bonchev–Trinajstić information content (AvgIpc) is 3.06. The normalized spacial score (nSPS) is 11.1. The SMILES string of the molecule is CC(C)n1ncnc1Cn1ccc2ccc(C#N)cc21. The van der Waals surface area contributed by atoms with Crippen LogP contribution < -0.4 is 0 Å². The van der Waals surface area contributed by atoms with Crippen molar-refractivity contribution >= 4 is 10.9 Å². The lowest BCUT2D eigenvalue weighted by Crippen LogP contribution is -2.11. The van der Waals surface area contributed by atoms with Crippen LogP contribution in [0.25, 0.3) is 10.9 Å². The van der Waals surface area contributed by atoms with E-state index in [0.717, 1.165) is 16.7 Å². The van der Waals surface area contributed by atoms with E-state index in [1.165, 1.54) is 0 Å². The Labute approximate surface area is 117 Å². The van der Waals surface area contributed by atoms with Crippen LogP contribution in [0.1, 0.15) is 31.3 Å². The number of hydrogen-bond acceptors (Lipinski definition) is 3. The molecule has 0 saturated carbocycles. The van der Waals surface area contributed by atoms with E-state index in [1.54, 1.807) is 6.33 Å². The molecule has 3 aromatic rings. The van der Waals surface area contributed by atoms with Gasteiger partial charge in [0, 0.05) is 17.8 Å². The van der Waals surface area contributed by atoms with Gasteiger partial charge in [-0.1, -0.05) is 6.07 Å². The van der Waals surface area contributed by atoms with Crippen molar-refractivity contribution in [2.45, 2.75) is 26.4 Å². The van der Waals surface area contributed by atoms with E-state index in [2.05, 4.69) is 34.6 Å². The van der Waals surface area contributed by atoms with Crippen LogP contribution in [0.2, 0.25) is 0 Å². The Bertz CT molecular complexity index is 788. The van der Waals surface area contributed by atoms with Crippen LogP contribution >= 0.6 is 0 Å². The van der Waals surface area contributed by atoms with E-state index in [-0.39, 0.29) is 6.04 Å². The maximum Gasteiger partial charge on any atom is 0.147 e. The molecule has 0 N–H and O–H groups in total. The van der Waals surface area contributed by atoms with Crippen molar-refractivity contribution < 1.29 is 0 Å². The molecule has 0 bridgehead atoms. The number of benzene rings is 1. The summed E-state index contributed by atoms with van der Waals surface area (Å²) in [6, 6.07) is 10.2. The zero-order valence-electron chi connectivity index (χ0n) is 11.5. The number of hydrogen-bond donors (Lipinski definition) is 0. The van der Waals surface area contributed by atoms with Gasteiger partial charge < -0.3 is 4.57 Å². The Morgan fingerprint density at radius 2 is 2.15 bits per heavy atom. The average molecular weight is 265 g/mol. The van der Waals surface area contributed by atoms with Gasteiger partial charge in [0.15, 0.2) is 0 Å². The molecule has 0 saturated heterocycles. The summed E-state index contributed by atoms with van der Waals surface area (Å²) in [6.07, 6.45) is 3.60.